The second-order valence-corrected chi connectivity index (χ2v) is 7.53. The van der Waals surface area contributed by atoms with Gasteiger partial charge in [0, 0.05) is 51.5 Å². The summed E-state index contributed by atoms with van der Waals surface area (Å²) in [6.45, 7) is 5.43. The number of amides is 5. The Bertz CT molecular complexity index is 772. The molecule has 0 radical (unpaired) electrons. The molecule has 0 spiro atoms. The lowest BCUT2D eigenvalue weighted by atomic mass is 10.1. The molecule has 2 aliphatic rings. The zero-order valence-corrected chi connectivity index (χ0v) is 16.2. The number of piperazine rings is 1. The van der Waals surface area contributed by atoms with Gasteiger partial charge in [-0.2, -0.15) is 0 Å². The lowest BCUT2D eigenvalue weighted by molar-refractivity contribution is -0.134. The predicted molar refractivity (Wildman–Crippen MR) is 100 cm³/mol. The zero-order valence-electron chi connectivity index (χ0n) is 16.2. The third kappa shape index (κ3) is 4.13. The fraction of sp³-hybridized carbons (Fsp3) is 0.526. The molecule has 1 aromatic heterocycles. The van der Waals surface area contributed by atoms with Gasteiger partial charge in [-0.1, -0.05) is 0 Å². The fourth-order valence-electron chi connectivity index (χ4n) is 3.40. The number of aromatic nitrogens is 1. The number of rotatable bonds is 5. The van der Waals surface area contributed by atoms with E-state index in [0.29, 0.717) is 38.2 Å². The molecule has 2 aliphatic heterocycles. The highest BCUT2D eigenvalue weighted by Gasteiger charge is 2.43. The Morgan fingerprint density at radius 2 is 1.82 bits per heavy atom. The molecule has 0 unspecified atom stereocenters. The van der Waals surface area contributed by atoms with Gasteiger partial charge in [0.05, 0.1) is 5.56 Å². The summed E-state index contributed by atoms with van der Waals surface area (Å²) in [5.74, 6) is -0.381. The highest BCUT2D eigenvalue weighted by molar-refractivity contribution is 6.06. The van der Waals surface area contributed by atoms with Gasteiger partial charge in [0.25, 0.3) is 11.8 Å². The van der Waals surface area contributed by atoms with E-state index in [1.807, 2.05) is 0 Å². The van der Waals surface area contributed by atoms with Crippen molar-refractivity contribution in [1.29, 1.82) is 0 Å². The highest BCUT2D eigenvalue weighted by Crippen LogP contribution is 2.17. The summed E-state index contributed by atoms with van der Waals surface area (Å²) in [5, 5.41) is 2.62. The molecule has 1 N–H and O–H groups in total. The molecular formula is C19H25N5O4. The zero-order chi connectivity index (χ0) is 20.3. The number of carbonyl (C=O) groups excluding carboxylic acids is 4. The van der Waals surface area contributed by atoms with Gasteiger partial charge in [-0.25, -0.2) is 4.79 Å². The minimum atomic E-state index is -0.891. The van der Waals surface area contributed by atoms with Crippen LogP contribution in [0.3, 0.4) is 0 Å². The smallest absolute Gasteiger partial charge is 0.325 e. The molecule has 0 aliphatic carbocycles. The van der Waals surface area contributed by atoms with E-state index in [0.717, 1.165) is 4.90 Å². The first-order valence-electron chi connectivity index (χ1n) is 9.41. The standard InChI is InChI=1S/C19H25N5O4/c1-19(2)17(27)24(18(28)21-19)8-4-6-15(25)22-9-11-23(12-10-22)16(26)14-5-3-7-20-13-14/h3,5,7,13H,4,6,8-12H2,1-2H3,(H,21,28). The van der Waals surface area contributed by atoms with Crippen molar-refractivity contribution in [1.82, 2.24) is 25.0 Å². The lowest BCUT2D eigenvalue weighted by Gasteiger charge is -2.35. The molecule has 0 aromatic carbocycles. The average molecular weight is 387 g/mol. The van der Waals surface area contributed by atoms with Crippen LogP contribution in [0.4, 0.5) is 4.79 Å². The molecule has 5 amide bonds. The van der Waals surface area contributed by atoms with Gasteiger partial charge in [0.1, 0.15) is 5.54 Å². The van der Waals surface area contributed by atoms with Crippen LogP contribution in [0.15, 0.2) is 24.5 Å². The van der Waals surface area contributed by atoms with E-state index in [1.54, 1.807) is 42.0 Å². The van der Waals surface area contributed by atoms with E-state index in [-0.39, 0.29) is 30.7 Å². The van der Waals surface area contributed by atoms with E-state index in [4.69, 9.17) is 0 Å². The van der Waals surface area contributed by atoms with E-state index >= 15 is 0 Å². The van der Waals surface area contributed by atoms with Gasteiger partial charge in [0.15, 0.2) is 0 Å². The largest absolute Gasteiger partial charge is 0.339 e. The molecule has 150 valence electrons. The molecule has 3 rings (SSSR count). The van der Waals surface area contributed by atoms with Gasteiger partial charge in [-0.05, 0) is 32.4 Å². The summed E-state index contributed by atoms with van der Waals surface area (Å²) in [7, 11) is 0. The number of imide groups is 1. The maximum absolute atomic E-state index is 12.4. The number of carbonyl (C=O) groups is 4. The molecule has 28 heavy (non-hydrogen) atoms. The molecule has 3 heterocycles. The van der Waals surface area contributed by atoms with Crippen LogP contribution in [0, 0.1) is 0 Å². The van der Waals surface area contributed by atoms with E-state index in [1.165, 1.54) is 6.20 Å². The number of hydrogen-bond donors (Lipinski definition) is 1. The topological polar surface area (TPSA) is 103 Å². The normalized spacial score (nSPS) is 19.0. The summed E-state index contributed by atoms with van der Waals surface area (Å²) in [5.41, 5.74) is -0.350. The Labute approximate surface area is 163 Å². The SMILES string of the molecule is CC1(C)NC(=O)N(CCCC(=O)N2CCN(C(=O)c3cccnc3)CC2)C1=O. The van der Waals surface area contributed by atoms with Crippen molar-refractivity contribution in [3.63, 3.8) is 0 Å². The number of pyridine rings is 1. The van der Waals surface area contributed by atoms with Gasteiger partial charge in [-0.15, -0.1) is 0 Å². The Hall–Kier alpha value is -2.97. The molecule has 2 saturated heterocycles. The first kappa shape index (κ1) is 19.8. The number of urea groups is 1. The molecule has 0 atom stereocenters. The first-order chi connectivity index (χ1) is 13.3. The minimum Gasteiger partial charge on any atom is -0.339 e. The van der Waals surface area contributed by atoms with Crippen LogP contribution < -0.4 is 5.32 Å². The average Bonchev–Trinajstić information content (AvgIpc) is 2.89. The number of nitrogens with one attached hydrogen (secondary N) is 1. The Morgan fingerprint density at radius 1 is 1.14 bits per heavy atom. The van der Waals surface area contributed by atoms with Gasteiger partial charge in [0.2, 0.25) is 5.91 Å². The predicted octanol–water partition coefficient (Wildman–Crippen LogP) is 0.477. The van der Waals surface area contributed by atoms with Gasteiger partial charge >= 0.3 is 6.03 Å². The minimum absolute atomic E-state index is 0.0280. The van der Waals surface area contributed by atoms with E-state index < -0.39 is 11.6 Å². The summed E-state index contributed by atoms with van der Waals surface area (Å²) < 4.78 is 0. The Kier molecular flexibility index (Phi) is 5.62. The third-order valence-corrected chi connectivity index (χ3v) is 5.04. The maximum Gasteiger partial charge on any atom is 0.325 e. The third-order valence-electron chi connectivity index (χ3n) is 5.04. The van der Waals surface area contributed by atoms with Crippen molar-refractivity contribution in [2.24, 2.45) is 0 Å². The van der Waals surface area contributed by atoms with Crippen molar-refractivity contribution in [3.8, 4) is 0 Å². The number of nitrogens with zero attached hydrogens (tertiary/aromatic N) is 4. The molecule has 9 nitrogen and oxygen atoms in total. The van der Waals surface area contributed by atoms with Crippen molar-refractivity contribution < 1.29 is 19.2 Å². The highest BCUT2D eigenvalue weighted by atomic mass is 16.2. The first-order valence-corrected chi connectivity index (χ1v) is 9.41. The van der Waals surface area contributed by atoms with Crippen LogP contribution in [-0.4, -0.2) is 81.7 Å². The van der Waals surface area contributed by atoms with E-state index in [9.17, 15) is 19.2 Å². The Morgan fingerprint density at radius 3 is 2.39 bits per heavy atom. The second-order valence-electron chi connectivity index (χ2n) is 7.53. The molecule has 9 heteroatoms. The van der Waals surface area contributed by atoms with Crippen LogP contribution in [0.5, 0.6) is 0 Å². The molecule has 0 bridgehead atoms. The van der Waals surface area contributed by atoms with Crippen LogP contribution in [0.25, 0.3) is 0 Å². The van der Waals surface area contributed by atoms with Crippen LogP contribution in [0.1, 0.15) is 37.0 Å². The second kappa shape index (κ2) is 7.95. The van der Waals surface area contributed by atoms with Crippen molar-refractivity contribution in [2.45, 2.75) is 32.2 Å². The molecule has 2 fully saturated rings. The summed E-state index contributed by atoms with van der Waals surface area (Å²) in [6, 6.07) is 3.04. The quantitative estimate of drug-likeness (QED) is 0.740. The van der Waals surface area contributed by atoms with Crippen LogP contribution in [-0.2, 0) is 9.59 Å². The van der Waals surface area contributed by atoms with Crippen molar-refractivity contribution in [2.75, 3.05) is 32.7 Å². The van der Waals surface area contributed by atoms with Crippen LogP contribution >= 0.6 is 0 Å². The monoisotopic (exact) mass is 387 g/mol. The number of hydrogen-bond acceptors (Lipinski definition) is 5. The van der Waals surface area contributed by atoms with Crippen LogP contribution in [0.2, 0.25) is 0 Å². The summed E-state index contributed by atoms with van der Waals surface area (Å²) >= 11 is 0. The van der Waals surface area contributed by atoms with Crippen molar-refractivity contribution in [3.05, 3.63) is 30.1 Å². The Balaban J connectivity index is 1.43. The fourth-order valence-corrected chi connectivity index (χ4v) is 3.40. The van der Waals surface area contributed by atoms with E-state index in [2.05, 4.69) is 10.3 Å². The van der Waals surface area contributed by atoms with Crippen molar-refractivity contribution >= 4 is 23.8 Å². The summed E-state index contributed by atoms with van der Waals surface area (Å²) in [6.07, 6.45) is 3.83. The maximum atomic E-state index is 12.4. The van der Waals surface area contributed by atoms with Gasteiger partial charge < -0.3 is 15.1 Å². The molecular weight excluding hydrogens is 362 g/mol. The molecule has 0 saturated carbocycles. The lowest BCUT2D eigenvalue weighted by Crippen LogP contribution is -2.50. The molecule has 1 aromatic rings. The van der Waals surface area contributed by atoms with Gasteiger partial charge in [-0.3, -0.25) is 24.3 Å². The summed E-state index contributed by atoms with van der Waals surface area (Å²) in [4.78, 5) is 57.4.